The van der Waals surface area contributed by atoms with E-state index in [1.54, 1.807) is 11.3 Å². The Hall–Kier alpha value is -5.88. The lowest BCUT2D eigenvalue weighted by atomic mass is 9.99. The zero-order valence-electron chi connectivity index (χ0n) is 22.6. The van der Waals surface area contributed by atoms with E-state index in [4.69, 9.17) is 11.0 Å². The summed E-state index contributed by atoms with van der Waals surface area (Å²) in [6.07, 6.45) is 0. The molecular formula is C38H19N3OS. The number of hydrogen-bond acceptors (Lipinski definition) is 3. The van der Waals surface area contributed by atoms with E-state index in [0.29, 0.717) is 11.3 Å². The van der Waals surface area contributed by atoms with Gasteiger partial charge in [-0.3, -0.25) is 0 Å². The zero-order valence-corrected chi connectivity index (χ0v) is 23.4. The van der Waals surface area contributed by atoms with Gasteiger partial charge in [-0.15, -0.1) is 11.3 Å². The second-order valence-corrected chi connectivity index (χ2v) is 11.8. The highest BCUT2D eigenvalue weighted by Crippen LogP contribution is 2.46. The molecule has 9 aromatic rings. The fraction of sp³-hybridized carbons (Fsp3) is 0. The van der Waals surface area contributed by atoms with Crippen LogP contribution in [0.2, 0.25) is 0 Å². The lowest BCUT2D eigenvalue weighted by molar-refractivity contribution is 0.669. The highest BCUT2D eigenvalue weighted by molar-refractivity contribution is 7.26. The number of para-hydroxylation sites is 2. The van der Waals surface area contributed by atoms with Gasteiger partial charge in [0.2, 0.25) is 5.69 Å². The Kier molecular flexibility index (Phi) is 4.87. The molecule has 0 atom stereocenters. The van der Waals surface area contributed by atoms with Crippen LogP contribution in [0.15, 0.2) is 120 Å². The number of aromatic nitrogens is 1. The molecule has 0 spiro atoms. The van der Waals surface area contributed by atoms with Crippen molar-refractivity contribution in [3.63, 3.8) is 0 Å². The summed E-state index contributed by atoms with van der Waals surface area (Å²) in [7, 11) is 0. The summed E-state index contributed by atoms with van der Waals surface area (Å²) in [5, 5.41) is 16.1. The van der Waals surface area contributed by atoms with Crippen molar-refractivity contribution in [2.24, 2.45) is 0 Å². The predicted molar refractivity (Wildman–Crippen MR) is 177 cm³/mol. The Balaban J connectivity index is 1.31. The molecule has 0 amide bonds. The zero-order chi connectivity index (χ0) is 28.7. The van der Waals surface area contributed by atoms with Gasteiger partial charge in [0.05, 0.1) is 39.6 Å². The van der Waals surface area contributed by atoms with Crippen LogP contribution in [0, 0.1) is 17.9 Å². The monoisotopic (exact) mass is 565 g/mol. The molecule has 0 bridgehead atoms. The van der Waals surface area contributed by atoms with Gasteiger partial charge < -0.3 is 8.98 Å². The fourth-order valence-electron chi connectivity index (χ4n) is 6.50. The summed E-state index contributed by atoms with van der Waals surface area (Å²) >= 11 is 1.67. The molecule has 5 heteroatoms. The molecule has 198 valence electrons. The standard InChI is InChI=1S/C38H19N3OS/c1-40-31-20-24(23-14-16-36-29(18-23)26-8-3-5-12-35(26)42-36)19-30-27-9-6-11-34(38(27)43-37(30)31)41-32-10-4-2-7-25(32)28-17-22(21-39)13-15-33(28)41/h2-20H. The summed E-state index contributed by atoms with van der Waals surface area (Å²) in [5.74, 6) is 0. The molecule has 0 unspecified atom stereocenters. The van der Waals surface area contributed by atoms with Crippen LogP contribution in [-0.2, 0) is 0 Å². The van der Waals surface area contributed by atoms with E-state index in [1.807, 2.05) is 54.6 Å². The molecule has 4 nitrogen and oxygen atoms in total. The Morgan fingerprint density at radius 3 is 2.28 bits per heavy atom. The van der Waals surface area contributed by atoms with Crippen LogP contribution in [0.1, 0.15) is 5.56 Å². The molecule has 43 heavy (non-hydrogen) atoms. The third-order valence-electron chi connectivity index (χ3n) is 8.43. The molecule has 0 aliphatic heterocycles. The number of hydrogen-bond donors (Lipinski definition) is 0. The number of thiophene rings is 1. The lowest BCUT2D eigenvalue weighted by Gasteiger charge is -2.09. The first-order chi connectivity index (χ1) is 21.2. The Labute approximate surface area is 249 Å². The normalized spacial score (nSPS) is 11.7. The summed E-state index contributed by atoms with van der Waals surface area (Å²) < 4.78 is 10.5. The first kappa shape index (κ1) is 23.8. The molecule has 0 N–H and O–H groups in total. The van der Waals surface area contributed by atoms with E-state index in [0.717, 1.165) is 80.7 Å². The number of furan rings is 1. The fourth-order valence-corrected chi connectivity index (χ4v) is 7.74. The molecule has 0 aliphatic rings. The molecule has 0 saturated carbocycles. The van der Waals surface area contributed by atoms with Gasteiger partial charge in [-0.25, -0.2) is 4.85 Å². The number of rotatable bonds is 2. The Morgan fingerprint density at radius 1 is 0.628 bits per heavy atom. The Morgan fingerprint density at radius 2 is 1.40 bits per heavy atom. The van der Waals surface area contributed by atoms with E-state index in [9.17, 15) is 5.26 Å². The summed E-state index contributed by atoms with van der Waals surface area (Å²) in [6, 6.07) is 41.5. The topological polar surface area (TPSA) is 46.2 Å². The van der Waals surface area contributed by atoms with Crippen molar-refractivity contribution in [2.75, 3.05) is 0 Å². The van der Waals surface area contributed by atoms with Gasteiger partial charge in [-0.2, -0.15) is 5.26 Å². The van der Waals surface area contributed by atoms with Crippen molar-refractivity contribution >= 4 is 80.9 Å². The van der Waals surface area contributed by atoms with Gasteiger partial charge in [0.1, 0.15) is 11.2 Å². The van der Waals surface area contributed by atoms with E-state index < -0.39 is 0 Å². The van der Waals surface area contributed by atoms with Crippen LogP contribution in [0.4, 0.5) is 5.69 Å². The maximum absolute atomic E-state index is 9.57. The van der Waals surface area contributed by atoms with Gasteiger partial charge in [0, 0.05) is 31.6 Å². The van der Waals surface area contributed by atoms with Gasteiger partial charge in [-0.05, 0) is 77.2 Å². The van der Waals surface area contributed by atoms with E-state index in [2.05, 4.69) is 76.1 Å². The van der Waals surface area contributed by atoms with Crippen molar-refractivity contribution in [1.29, 1.82) is 5.26 Å². The molecular weight excluding hydrogens is 547 g/mol. The van der Waals surface area contributed by atoms with E-state index >= 15 is 0 Å². The molecule has 0 saturated heterocycles. The first-order valence-corrected chi connectivity index (χ1v) is 14.8. The van der Waals surface area contributed by atoms with Gasteiger partial charge in [0.25, 0.3) is 0 Å². The van der Waals surface area contributed by atoms with E-state index in [-0.39, 0.29) is 0 Å². The quantitative estimate of drug-likeness (QED) is 0.196. The van der Waals surface area contributed by atoms with Crippen LogP contribution in [-0.4, -0.2) is 4.57 Å². The average Bonchev–Trinajstić information content (AvgIpc) is 3.73. The summed E-state index contributed by atoms with van der Waals surface area (Å²) in [6.45, 7) is 8.10. The minimum Gasteiger partial charge on any atom is -0.456 e. The highest BCUT2D eigenvalue weighted by Gasteiger charge is 2.19. The molecule has 0 aliphatic carbocycles. The first-order valence-electron chi connectivity index (χ1n) is 13.9. The van der Waals surface area contributed by atoms with Crippen LogP contribution < -0.4 is 0 Å². The highest BCUT2D eigenvalue weighted by atomic mass is 32.1. The summed E-state index contributed by atoms with van der Waals surface area (Å²) in [5.41, 5.74) is 8.30. The van der Waals surface area contributed by atoms with Gasteiger partial charge in [0.15, 0.2) is 0 Å². The van der Waals surface area contributed by atoms with Crippen LogP contribution >= 0.6 is 11.3 Å². The van der Waals surface area contributed by atoms with Crippen LogP contribution in [0.3, 0.4) is 0 Å². The molecule has 3 aromatic heterocycles. The molecule has 0 fully saturated rings. The molecule has 0 radical (unpaired) electrons. The molecule has 9 rings (SSSR count). The third-order valence-corrected chi connectivity index (χ3v) is 9.70. The van der Waals surface area contributed by atoms with Crippen LogP contribution in [0.25, 0.3) is 85.6 Å². The maximum Gasteiger partial charge on any atom is 0.205 e. The maximum atomic E-state index is 9.57. The number of fused-ring (bicyclic) bond motifs is 9. The predicted octanol–water partition coefficient (Wildman–Crippen LogP) is 11.1. The van der Waals surface area contributed by atoms with Crippen molar-refractivity contribution in [1.82, 2.24) is 4.57 Å². The average molecular weight is 566 g/mol. The van der Waals surface area contributed by atoms with Gasteiger partial charge in [-0.1, -0.05) is 54.6 Å². The molecule has 3 heterocycles. The minimum atomic E-state index is 0.645. The second-order valence-electron chi connectivity index (χ2n) is 10.7. The number of nitrogens with zero attached hydrogens (tertiary/aromatic N) is 3. The number of nitriles is 1. The second kappa shape index (κ2) is 8.81. The molecule has 6 aromatic carbocycles. The minimum absolute atomic E-state index is 0.645. The largest absolute Gasteiger partial charge is 0.456 e. The van der Waals surface area contributed by atoms with E-state index in [1.165, 1.54) is 0 Å². The smallest absolute Gasteiger partial charge is 0.205 e. The third kappa shape index (κ3) is 3.35. The van der Waals surface area contributed by atoms with Gasteiger partial charge >= 0.3 is 0 Å². The SMILES string of the molecule is [C-]#[N+]c1cc(-c2ccc3oc4ccccc4c3c2)cc2c1sc1c(-n3c4ccccc4c4cc(C#N)ccc43)cccc12. The lowest BCUT2D eigenvalue weighted by Crippen LogP contribution is -1.93. The van der Waals surface area contributed by atoms with Crippen molar-refractivity contribution in [3.05, 3.63) is 132 Å². The Bertz CT molecular complexity index is 2710. The van der Waals surface area contributed by atoms with Crippen molar-refractivity contribution < 1.29 is 4.42 Å². The van der Waals surface area contributed by atoms with Crippen molar-refractivity contribution in [3.8, 4) is 22.9 Å². The van der Waals surface area contributed by atoms with Crippen molar-refractivity contribution in [2.45, 2.75) is 0 Å². The number of benzene rings is 6. The van der Waals surface area contributed by atoms with Crippen LogP contribution in [0.5, 0.6) is 0 Å². The summed E-state index contributed by atoms with van der Waals surface area (Å²) in [4.78, 5) is 4.00.